The van der Waals surface area contributed by atoms with Crippen molar-refractivity contribution in [3.05, 3.63) is 42.5 Å². The van der Waals surface area contributed by atoms with Crippen molar-refractivity contribution in [1.82, 2.24) is 14.8 Å². The molecule has 1 amide bonds. The summed E-state index contributed by atoms with van der Waals surface area (Å²) in [6, 6.07) is 12.8. The second-order valence-electron chi connectivity index (χ2n) is 6.19. The van der Waals surface area contributed by atoms with Crippen molar-refractivity contribution in [2.75, 3.05) is 32.4 Å². The van der Waals surface area contributed by atoms with Gasteiger partial charge in [0, 0.05) is 18.2 Å². The minimum atomic E-state index is -0.153. The fourth-order valence-electron chi connectivity index (χ4n) is 2.89. The maximum atomic E-state index is 12.4. The van der Waals surface area contributed by atoms with Gasteiger partial charge in [-0.25, -0.2) is 0 Å². The maximum absolute atomic E-state index is 12.4. The maximum Gasteiger partial charge on any atom is 0.234 e. The number of rotatable bonds is 9. The molecule has 30 heavy (non-hydrogen) atoms. The molecular weight excluding hydrogens is 404 g/mol. The molecule has 0 spiro atoms. The minimum Gasteiger partial charge on any atom is -0.497 e. The number of benzene rings is 2. The molecule has 1 N–H and O–H groups in total. The fraction of sp³-hybridized carbons (Fsp3) is 0.286. The fourth-order valence-corrected chi connectivity index (χ4v) is 3.70. The van der Waals surface area contributed by atoms with E-state index in [1.54, 1.807) is 39.5 Å². The average molecular weight is 429 g/mol. The van der Waals surface area contributed by atoms with E-state index in [1.807, 2.05) is 35.8 Å². The van der Waals surface area contributed by atoms with Crippen LogP contribution in [-0.2, 0) is 11.3 Å². The first-order chi connectivity index (χ1) is 14.6. The molecule has 158 valence electrons. The van der Waals surface area contributed by atoms with Crippen LogP contribution in [0.15, 0.2) is 47.6 Å². The second-order valence-corrected chi connectivity index (χ2v) is 7.13. The molecule has 9 heteroatoms. The zero-order valence-electron chi connectivity index (χ0n) is 17.3. The predicted octanol–water partition coefficient (Wildman–Crippen LogP) is 3.72. The highest BCUT2D eigenvalue weighted by Gasteiger charge is 2.17. The van der Waals surface area contributed by atoms with Crippen LogP contribution in [0, 0.1) is 0 Å². The van der Waals surface area contributed by atoms with Crippen LogP contribution in [0.4, 0.5) is 5.69 Å². The highest BCUT2D eigenvalue weighted by Crippen LogP contribution is 2.31. The van der Waals surface area contributed by atoms with Crippen LogP contribution in [0.5, 0.6) is 17.2 Å². The van der Waals surface area contributed by atoms with E-state index in [4.69, 9.17) is 14.2 Å². The van der Waals surface area contributed by atoms with Crippen molar-refractivity contribution in [2.24, 2.45) is 0 Å². The largest absolute Gasteiger partial charge is 0.497 e. The third kappa shape index (κ3) is 4.85. The van der Waals surface area contributed by atoms with Gasteiger partial charge in [-0.15, -0.1) is 10.2 Å². The smallest absolute Gasteiger partial charge is 0.234 e. The number of nitrogens with zero attached hydrogens (tertiary/aromatic N) is 3. The predicted molar refractivity (Wildman–Crippen MR) is 117 cm³/mol. The van der Waals surface area contributed by atoms with E-state index in [-0.39, 0.29) is 11.7 Å². The Hall–Kier alpha value is -3.20. The van der Waals surface area contributed by atoms with E-state index in [1.165, 1.54) is 11.8 Å². The molecule has 0 aliphatic carbocycles. The molecule has 2 aromatic carbocycles. The average Bonchev–Trinajstić information content (AvgIpc) is 3.20. The van der Waals surface area contributed by atoms with Gasteiger partial charge in [0.05, 0.1) is 32.8 Å². The summed E-state index contributed by atoms with van der Waals surface area (Å²) < 4.78 is 17.9. The Kier molecular flexibility index (Phi) is 7.18. The topological polar surface area (TPSA) is 87.5 Å². The number of carbonyl (C=O) groups is 1. The molecule has 0 atom stereocenters. The van der Waals surface area contributed by atoms with Crippen molar-refractivity contribution in [1.29, 1.82) is 0 Å². The zero-order chi connectivity index (χ0) is 21.5. The van der Waals surface area contributed by atoms with E-state index in [2.05, 4.69) is 15.5 Å². The van der Waals surface area contributed by atoms with Crippen molar-refractivity contribution in [2.45, 2.75) is 18.6 Å². The SMILES string of the molecule is CCn1c(SCC(=O)Nc2ccccc2OC)nnc1-c1cc(OC)cc(OC)c1. The van der Waals surface area contributed by atoms with Gasteiger partial charge in [-0.1, -0.05) is 23.9 Å². The Bertz CT molecular complexity index is 1000. The molecule has 3 aromatic rings. The third-order valence-electron chi connectivity index (χ3n) is 4.36. The summed E-state index contributed by atoms with van der Waals surface area (Å²) in [5, 5.41) is 12.1. The van der Waals surface area contributed by atoms with Crippen molar-refractivity contribution in [3.63, 3.8) is 0 Å². The van der Waals surface area contributed by atoms with Crippen LogP contribution in [0.2, 0.25) is 0 Å². The molecule has 8 nitrogen and oxygen atoms in total. The molecule has 0 aliphatic rings. The number of amides is 1. The van der Waals surface area contributed by atoms with Gasteiger partial charge in [-0.2, -0.15) is 0 Å². The Morgan fingerprint density at radius 2 is 1.73 bits per heavy atom. The lowest BCUT2D eigenvalue weighted by atomic mass is 10.2. The van der Waals surface area contributed by atoms with Gasteiger partial charge in [-0.3, -0.25) is 4.79 Å². The van der Waals surface area contributed by atoms with Gasteiger partial charge in [0.15, 0.2) is 11.0 Å². The number of para-hydroxylation sites is 2. The molecular formula is C21H24N4O4S. The molecule has 0 fully saturated rings. The van der Waals surface area contributed by atoms with Crippen LogP contribution in [0.1, 0.15) is 6.92 Å². The van der Waals surface area contributed by atoms with E-state index in [0.29, 0.717) is 40.5 Å². The number of hydrogen-bond acceptors (Lipinski definition) is 7. The number of aromatic nitrogens is 3. The number of ether oxygens (including phenoxy) is 3. The first-order valence-corrected chi connectivity index (χ1v) is 10.3. The first-order valence-electron chi connectivity index (χ1n) is 9.31. The zero-order valence-corrected chi connectivity index (χ0v) is 18.2. The summed E-state index contributed by atoms with van der Waals surface area (Å²) >= 11 is 1.32. The second kappa shape index (κ2) is 10.0. The lowest BCUT2D eigenvalue weighted by Crippen LogP contribution is -2.15. The number of methoxy groups -OCH3 is 3. The standard InChI is InChI=1S/C21H24N4O4S/c1-5-25-20(14-10-15(27-2)12-16(11-14)28-3)23-24-21(25)30-13-19(26)22-17-8-6-7-9-18(17)29-4/h6-12H,5,13H2,1-4H3,(H,22,26). The van der Waals surface area contributed by atoms with Crippen LogP contribution in [0.25, 0.3) is 11.4 Å². The third-order valence-corrected chi connectivity index (χ3v) is 5.32. The summed E-state index contributed by atoms with van der Waals surface area (Å²) in [5.74, 6) is 2.67. The molecule has 0 aliphatic heterocycles. The number of carbonyl (C=O) groups excluding carboxylic acids is 1. The molecule has 0 bridgehead atoms. The van der Waals surface area contributed by atoms with Crippen molar-refractivity contribution < 1.29 is 19.0 Å². The monoisotopic (exact) mass is 428 g/mol. The summed E-state index contributed by atoms with van der Waals surface area (Å²) in [4.78, 5) is 12.4. The van der Waals surface area contributed by atoms with Gasteiger partial charge in [-0.05, 0) is 31.2 Å². The summed E-state index contributed by atoms with van der Waals surface area (Å²) in [6.45, 7) is 2.65. The quantitative estimate of drug-likeness (QED) is 0.520. The molecule has 1 heterocycles. The first kappa shape index (κ1) is 21.5. The number of anilines is 1. The lowest BCUT2D eigenvalue weighted by molar-refractivity contribution is -0.113. The van der Waals surface area contributed by atoms with E-state index in [9.17, 15) is 4.79 Å². The molecule has 0 saturated carbocycles. The molecule has 0 saturated heterocycles. The van der Waals surface area contributed by atoms with Crippen LogP contribution in [0.3, 0.4) is 0 Å². The Morgan fingerprint density at radius 1 is 1.03 bits per heavy atom. The Balaban J connectivity index is 1.75. The van der Waals surface area contributed by atoms with E-state index in [0.717, 1.165) is 5.56 Å². The van der Waals surface area contributed by atoms with Gasteiger partial charge in [0.1, 0.15) is 17.2 Å². The highest BCUT2D eigenvalue weighted by molar-refractivity contribution is 7.99. The summed E-state index contributed by atoms with van der Waals surface area (Å²) in [7, 11) is 4.77. The van der Waals surface area contributed by atoms with Gasteiger partial charge in [0.2, 0.25) is 5.91 Å². The van der Waals surface area contributed by atoms with Crippen LogP contribution < -0.4 is 19.5 Å². The van der Waals surface area contributed by atoms with Gasteiger partial charge < -0.3 is 24.1 Å². The molecule has 1 aromatic heterocycles. The minimum absolute atomic E-state index is 0.153. The number of thioether (sulfide) groups is 1. The van der Waals surface area contributed by atoms with Crippen LogP contribution in [-0.4, -0.2) is 47.8 Å². The normalized spacial score (nSPS) is 10.5. The van der Waals surface area contributed by atoms with Crippen molar-refractivity contribution >= 4 is 23.4 Å². The molecule has 3 rings (SSSR count). The van der Waals surface area contributed by atoms with E-state index < -0.39 is 0 Å². The van der Waals surface area contributed by atoms with Crippen LogP contribution >= 0.6 is 11.8 Å². The molecule has 0 unspecified atom stereocenters. The van der Waals surface area contributed by atoms with Gasteiger partial charge >= 0.3 is 0 Å². The summed E-state index contributed by atoms with van der Waals surface area (Å²) in [6.07, 6.45) is 0. The molecule has 0 radical (unpaired) electrons. The van der Waals surface area contributed by atoms with Crippen molar-refractivity contribution in [3.8, 4) is 28.6 Å². The number of hydrogen-bond donors (Lipinski definition) is 1. The Morgan fingerprint density at radius 3 is 2.37 bits per heavy atom. The number of nitrogens with one attached hydrogen (secondary N) is 1. The van der Waals surface area contributed by atoms with E-state index >= 15 is 0 Å². The Labute approximate surface area is 179 Å². The summed E-state index contributed by atoms with van der Waals surface area (Å²) in [5.41, 5.74) is 1.46. The van der Waals surface area contributed by atoms with Gasteiger partial charge in [0.25, 0.3) is 0 Å². The lowest BCUT2D eigenvalue weighted by Gasteiger charge is -2.11. The highest BCUT2D eigenvalue weighted by atomic mass is 32.2.